The maximum Gasteiger partial charge on any atom is 0.0331 e. The molecule has 0 amide bonds. The Morgan fingerprint density at radius 2 is 2.12 bits per heavy atom. The predicted molar refractivity (Wildman–Crippen MR) is 82.7 cm³/mol. The van der Waals surface area contributed by atoms with Gasteiger partial charge in [-0.2, -0.15) is 0 Å². The summed E-state index contributed by atoms with van der Waals surface area (Å²) in [4.78, 5) is 0. The van der Waals surface area contributed by atoms with Gasteiger partial charge in [-0.1, -0.05) is 36.2 Å². The molecule has 0 fully saturated rings. The zero-order valence-corrected chi connectivity index (χ0v) is 13.8. The number of rotatable bonds is 5. The van der Waals surface area contributed by atoms with Gasteiger partial charge in [0.05, 0.1) is 0 Å². The number of nitrogens with one attached hydrogen (secondary N) is 1. The van der Waals surface area contributed by atoms with Gasteiger partial charge in [-0.05, 0) is 65.7 Å². The molecule has 0 radical (unpaired) electrons. The minimum Gasteiger partial charge on any atom is -0.313 e. The third-order valence-corrected chi connectivity index (χ3v) is 4.41. The molecule has 2 atom stereocenters. The van der Waals surface area contributed by atoms with Crippen molar-refractivity contribution >= 4 is 38.5 Å². The highest BCUT2D eigenvalue weighted by Crippen LogP contribution is 2.29. The lowest BCUT2D eigenvalue weighted by Gasteiger charge is -2.21. The normalized spacial score (nSPS) is 14.8. The van der Waals surface area contributed by atoms with Crippen molar-refractivity contribution in [1.82, 2.24) is 5.32 Å². The van der Waals surface area contributed by atoms with Crippen molar-refractivity contribution in [2.24, 2.45) is 5.92 Å². The molecule has 0 saturated heterocycles. The van der Waals surface area contributed by atoms with E-state index in [0.717, 1.165) is 5.92 Å². The van der Waals surface area contributed by atoms with Crippen LogP contribution in [-0.2, 0) is 0 Å². The van der Waals surface area contributed by atoms with Crippen molar-refractivity contribution in [2.75, 3.05) is 7.05 Å². The molecule has 0 aromatic heterocycles. The lowest BCUT2D eigenvalue weighted by Crippen LogP contribution is -2.19. The van der Waals surface area contributed by atoms with Gasteiger partial charge in [0, 0.05) is 14.1 Å². The van der Waals surface area contributed by atoms with E-state index in [1.54, 1.807) is 0 Å². The van der Waals surface area contributed by atoms with Crippen LogP contribution in [0.15, 0.2) is 22.7 Å². The molecule has 0 bridgehead atoms. The Bertz CT molecular complexity index is 341. The second-order valence-electron chi connectivity index (χ2n) is 4.26. The van der Waals surface area contributed by atoms with E-state index >= 15 is 0 Å². The van der Waals surface area contributed by atoms with Crippen molar-refractivity contribution in [2.45, 2.75) is 32.7 Å². The summed E-state index contributed by atoms with van der Waals surface area (Å²) in [5.74, 6) is 0.752. The summed E-state index contributed by atoms with van der Waals surface area (Å²) < 4.78 is 2.50. The van der Waals surface area contributed by atoms with Crippen LogP contribution in [0.3, 0.4) is 0 Å². The molecule has 90 valence electrons. The highest BCUT2D eigenvalue weighted by molar-refractivity contribution is 14.1. The highest BCUT2D eigenvalue weighted by atomic mass is 127. The van der Waals surface area contributed by atoms with Crippen LogP contribution >= 0.6 is 38.5 Å². The molecule has 16 heavy (non-hydrogen) atoms. The second kappa shape index (κ2) is 6.97. The van der Waals surface area contributed by atoms with Gasteiger partial charge < -0.3 is 5.32 Å². The minimum absolute atomic E-state index is 0.444. The molecule has 0 heterocycles. The molecule has 0 aliphatic rings. The quantitative estimate of drug-likeness (QED) is 0.709. The summed E-state index contributed by atoms with van der Waals surface area (Å²) in [6, 6.07) is 6.97. The molecule has 3 heteroatoms. The van der Waals surface area contributed by atoms with Gasteiger partial charge in [-0.15, -0.1) is 0 Å². The van der Waals surface area contributed by atoms with Crippen LogP contribution in [0.5, 0.6) is 0 Å². The molecule has 0 spiro atoms. The number of halogens is 2. The monoisotopic (exact) mass is 395 g/mol. The standard InChI is InChI=1S/C13H19BrIN/c1-4-9(2)7-13(16-3)11-8-10(15)5-6-12(11)14/h5-6,8-9,13,16H,4,7H2,1-3H3. The Morgan fingerprint density at radius 3 is 2.69 bits per heavy atom. The van der Waals surface area contributed by atoms with E-state index in [9.17, 15) is 0 Å². The molecule has 1 aromatic carbocycles. The van der Waals surface area contributed by atoms with E-state index in [4.69, 9.17) is 0 Å². The third kappa shape index (κ3) is 4.00. The first-order valence-corrected chi connectivity index (χ1v) is 7.57. The fraction of sp³-hybridized carbons (Fsp3) is 0.538. The molecule has 1 rings (SSSR count). The Labute approximate surface area is 121 Å². The van der Waals surface area contributed by atoms with Crippen LogP contribution < -0.4 is 5.32 Å². The summed E-state index contributed by atoms with van der Waals surface area (Å²) in [6.45, 7) is 4.56. The van der Waals surface area contributed by atoms with E-state index in [1.165, 1.54) is 26.4 Å². The first kappa shape index (κ1) is 14.5. The molecular weight excluding hydrogens is 377 g/mol. The second-order valence-corrected chi connectivity index (χ2v) is 6.36. The van der Waals surface area contributed by atoms with E-state index < -0.39 is 0 Å². The van der Waals surface area contributed by atoms with Crippen molar-refractivity contribution in [1.29, 1.82) is 0 Å². The van der Waals surface area contributed by atoms with Crippen molar-refractivity contribution < 1.29 is 0 Å². The van der Waals surface area contributed by atoms with Crippen LogP contribution in [0.25, 0.3) is 0 Å². The van der Waals surface area contributed by atoms with E-state index in [2.05, 4.69) is 75.9 Å². The molecule has 0 aliphatic heterocycles. The molecule has 2 unspecified atom stereocenters. The average molecular weight is 396 g/mol. The first-order valence-electron chi connectivity index (χ1n) is 5.70. The first-order chi connectivity index (χ1) is 7.58. The summed E-state index contributed by atoms with van der Waals surface area (Å²) in [5.41, 5.74) is 1.37. The molecule has 0 saturated carbocycles. The van der Waals surface area contributed by atoms with Crippen LogP contribution in [0.4, 0.5) is 0 Å². The summed E-state index contributed by atoms with van der Waals surface area (Å²) in [5, 5.41) is 3.42. The molecular formula is C13H19BrIN. The number of hydrogen-bond donors (Lipinski definition) is 1. The fourth-order valence-corrected chi connectivity index (χ4v) is 2.79. The van der Waals surface area contributed by atoms with Gasteiger partial charge >= 0.3 is 0 Å². The van der Waals surface area contributed by atoms with Gasteiger partial charge in [-0.3, -0.25) is 0 Å². The third-order valence-electron chi connectivity index (χ3n) is 3.02. The lowest BCUT2D eigenvalue weighted by molar-refractivity contribution is 0.421. The lowest BCUT2D eigenvalue weighted by atomic mass is 9.94. The smallest absolute Gasteiger partial charge is 0.0331 e. The van der Waals surface area contributed by atoms with Crippen LogP contribution in [0.1, 0.15) is 38.3 Å². The van der Waals surface area contributed by atoms with Crippen molar-refractivity contribution in [3.8, 4) is 0 Å². The van der Waals surface area contributed by atoms with Crippen LogP contribution in [-0.4, -0.2) is 7.05 Å². The van der Waals surface area contributed by atoms with E-state index in [0.29, 0.717) is 6.04 Å². The molecule has 1 N–H and O–H groups in total. The Morgan fingerprint density at radius 1 is 1.44 bits per heavy atom. The zero-order valence-electron chi connectivity index (χ0n) is 10.1. The highest BCUT2D eigenvalue weighted by Gasteiger charge is 2.15. The van der Waals surface area contributed by atoms with Crippen LogP contribution in [0, 0.1) is 9.49 Å². The fourth-order valence-electron chi connectivity index (χ4n) is 1.75. The van der Waals surface area contributed by atoms with E-state index in [1.807, 2.05) is 7.05 Å². The minimum atomic E-state index is 0.444. The molecule has 0 aliphatic carbocycles. The van der Waals surface area contributed by atoms with Crippen molar-refractivity contribution in [3.05, 3.63) is 31.8 Å². The average Bonchev–Trinajstić information content (AvgIpc) is 2.29. The van der Waals surface area contributed by atoms with Gasteiger partial charge in [0.2, 0.25) is 0 Å². The van der Waals surface area contributed by atoms with Gasteiger partial charge in [0.1, 0.15) is 0 Å². The maximum atomic E-state index is 3.64. The van der Waals surface area contributed by atoms with Crippen molar-refractivity contribution in [3.63, 3.8) is 0 Å². The molecule has 1 nitrogen and oxygen atoms in total. The van der Waals surface area contributed by atoms with Gasteiger partial charge in [0.15, 0.2) is 0 Å². The summed E-state index contributed by atoms with van der Waals surface area (Å²) in [6.07, 6.45) is 2.42. The summed E-state index contributed by atoms with van der Waals surface area (Å²) >= 11 is 6.01. The SMILES string of the molecule is CCC(C)CC(NC)c1cc(I)ccc1Br. The Balaban J connectivity index is 2.89. The zero-order chi connectivity index (χ0) is 12.1. The number of hydrogen-bond acceptors (Lipinski definition) is 1. The largest absolute Gasteiger partial charge is 0.313 e. The predicted octanol–water partition coefficient (Wildman–Crippen LogP) is 4.75. The topological polar surface area (TPSA) is 12.0 Å². The maximum absolute atomic E-state index is 3.64. The number of benzene rings is 1. The Hall–Kier alpha value is 0.390. The van der Waals surface area contributed by atoms with Gasteiger partial charge in [-0.25, -0.2) is 0 Å². The van der Waals surface area contributed by atoms with Gasteiger partial charge in [0.25, 0.3) is 0 Å². The summed E-state index contributed by atoms with van der Waals surface area (Å²) in [7, 11) is 2.04. The van der Waals surface area contributed by atoms with Crippen LogP contribution in [0.2, 0.25) is 0 Å². The van der Waals surface area contributed by atoms with E-state index in [-0.39, 0.29) is 0 Å². The molecule has 1 aromatic rings. The Kier molecular flexibility index (Phi) is 6.29.